The minimum Gasteiger partial charge on any atom is -0.508 e. The van der Waals surface area contributed by atoms with Gasteiger partial charge in [-0.25, -0.2) is 0 Å². The number of thiophene rings is 1. The van der Waals surface area contributed by atoms with Crippen molar-refractivity contribution in [3.63, 3.8) is 0 Å². The van der Waals surface area contributed by atoms with Gasteiger partial charge in [0.1, 0.15) is 5.75 Å². The van der Waals surface area contributed by atoms with Crippen LogP contribution in [0.2, 0.25) is 0 Å². The van der Waals surface area contributed by atoms with E-state index in [2.05, 4.69) is 31.3 Å². The fourth-order valence-electron chi connectivity index (χ4n) is 2.08. The van der Waals surface area contributed by atoms with Gasteiger partial charge in [0, 0.05) is 15.4 Å². The lowest BCUT2D eigenvalue weighted by atomic mass is 10.1. The number of hydrogen-bond donors (Lipinski definition) is 2. The van der Waals surface area contributed by atoms with Crippen LogP contribution in [0.4, 0.5) is 5.69 Å². The number of hydrogen-bond acceptors (Lipinski definition) is 3. The van der Waals surface area contributed by atoms with Crippen LogP contribution in [0.3, 0.4) is 0 Å². The fraction of sp³-hybridized carbons (Fsp3) is 0.375. The highest BCUT2D eigenvalue weighted by Crippen LogP contribution is 2.30. The van der Waals surface area contributed by atoms with Crippen LogP contribution in [0, 0.1) is 13.8 Å². The van der Waals surface area contributed by atoms with Crippen molar-refractivity contribution in [3.8, 4) is 5.75 Å². The zero-order valence-electron chi connectivity index (χ0n) is 11.9. The van der Waals surface area contributed by atoms with E-state index in [-0.39, 0.29) is 6.04 Å². The highest BCUT2D eigenvalue weighted by atomic mass is 32.1. The molecule has 102 valence electrons. The number of rotatable bonds is 4. The molecule has 0 aliphatic carbocycles. The smallest absolute Gasteiger partial charge is 0.118 e. The van der Waals surface area contributed by atoms with Crippen molar-refractivity contribution in [2.45, 2.75) is 40.2 Å². The number of aryl methyl sites for hydroxylation is 3. The Labute approximate surface area is 119 Å². The Morgan fingerprint density at radius 1 is 1.21 bits per heavy atom. The maximum atomic E-state index is 9.69. The van der Waals surface area contributed by atoms with E-state index >= 15 is 0 Å². The van der Waals surface area contributed by atoms with Gasteiger partial charge in [0.2, 0.25) is 0 Å². The predicted octanol–water partition coefficient (Wildman–Crippen LogP) is 4.81. The van der Waals surface area contributed by atoms with E-state index in [1.807, 2.05) is 37.3 Å². The molecule has 1 heterocycles. The molecule has 0 spiro atoms. The van der Waals surface area contributed by atoms with Crippen LogP contribution in [0.25, 0.3) is 0 Å². The second-order valence-corrected chi connectivity index (χ2v) is 6.18. The molecule has 3 heteroatoms. The van der Waals surface area contributed by atoms with Crippen molar-refractivity contribution in [2.24, 2.45) is 0 Å². The Morgan fingerprint density at radius 2 is 1.95 bits per heavy atom. The monoisotopic (exact) mass is 275 g/mol. The third-order valence-corrected chi connectivity index (χ3v) is 4.78. The maximum Gasteiger partial charge on any atom is 0.118 e. The SMILES string of the molecule is CCc1ccc(C(C)Nc2cc(C)c(O)cc2C)s1. The van der Waals surface area contributed by atoms with Gasteiger partial charge in [-0.15, -0.1) is 11.3 Å². The van der Waals surface area contributed by atoms with Crippen molar-refractivity contribution in [3.05, 3.63) is 45.1 Å². The van der Waals surface area contributed by atoms with Gasteiger partial charge in [0.25, 0.3) is 0 Å². The number of aromatic hydroxyl groups is 1. The topological polar surface area (TPSA) is 32.3 Å². The molecule has 0 fully saturated rings. The van der Waals surface area contributed by atoms with Crippen LogP contribution < -0.4 is 5.32 Å². The lowest BCUT2D eigenvalue weighted by molar-refractivity contribution is 0.471. The molecule has 2 rings (SSSR count). The van der Waals surface area contributed by atoms with Gasteiger partial charge in [-0.05, 0) is 62.6 Å². The average Bonchev–Trinajstić information content (AvgIpc) is 2.84. The third-order valence-electron chi connectivity index (χ3n) is 3.37. The summed E-state index contributed by atoms with van der Waals surface area (Å²) in [5, 5.41) is 13.2. The molecule has 0 amide bonds. The van der Waals surface area contributed by atoms with Crippen molar-refractivity contribution in [1.82, 2.24) is 0 Å². The number of phenols is 1. The predicted molar refractivity (Wildman–Crippen MR) is 83.3 cm³/mol. The number of anilines is 1. The molecular formula is C16H21NOS. The maximum absolute atomic E-state index is 9.69. The van der Waals surface area contributed by atoms with Gasteiger partial charge in [0.15, 0.2) is 0 Å². The molecule has 1 aromatic heterocycles. The lowest BCUT2D eigenvalue weighted by Gasteiger charge is -2.17. The first-order chi connectivity index (χ1) is 9.01. The van der Waals surface area contributed by atoms with Crippen LogP contribution in [0.5, 0.6) is 5.75 Å². The molecule has 0 saturated carbocycles. The molecule has 0 aliphatic heterocycles. The van der Waals surface area contributed by atoms with Gasteiger partial charge >= 0.3 is 0 Å². The molecule has 0 aliphatic rings. The van der Waals surface area contributed by atoms with E-state index in [4.69, 9.17) is 0 Å². The normalized spacial score (nSPS) is 12.4. The van der Waals surface area contributed by atoms with Crippen molar-refractivity contribution < 1.29 is 5.11 Å². The summed E-state index contributed by atoms with van der Waals surface area (Å²) in [5.74, 6) is 0.361. The average molecular weight is 275 g/mol. The summed E-state index contributed by atoms with van der Waals surface area (Å²) in [5.41, 5.74) is 3.07. The molecule has 1 aromatic carbocycles. The first-order valence-electron chi connectivity index (χ1n) is 6.66. The van der Waals surface area contributed by atoms with E-state index in [0.29, 0.717) is 5.75 Å². The largest absolute Gasteiger partial charge is 0.508 e. The minimum atomic E-state index is 0.285. The van der Waals surface area contributed by atoms with Crippen LogP contribution in [-0.2, 0) is 6.42 Å². The number of phenolic OH excluding ortho intramolecular Hbond substituents is 1. The molecule has 0 saturated heterocycles. The Morgan fingerprint density at radius 3 is 2.58 bits per heavy atom. The van der Waals surface area contributed by atoms with Crippen LogP contribution in [-0.4, -0.2) is 5.11 Å². The van der Waals surface area contributed by atoms with Crippen LogP contribution in [0.15, 0.2) is 24.3 Å². The van der Waals surface area contributed by atoms with E-state index in [0.717, 1.165) is 23.2 Å². The molecule has 1 unspecified atom stereocenters. The van der Waals surface area contributed by atoms with Gasteiger partial charge in [-0.2, -0.15) is 0 Å². The number of benzene rings is 1. The Kier molecular flexibility index (Phi) is 4.15. The number of nitrogens with one attached hydrogen (secondary N) is 1. The van der Waals surface area contributed by atoms with E-state index in [9.17, 15) is 5.11 Å². The van der Waals surface area contributed by atoms with Gasteiger partial charge in [-0.3, -0.25) is 0 Å². The standard InChI is InChI=1S/C16H21NOS/c1-5-13-6-7-16(19-13)12(4)17-14-8-11(3)15(18)9-10(14)2/h6-9,12,17-18H,5H2,1-4H3. The summed E-state index contributed by atoms with van der Waals surface area (Å²) in [4.78, 5) is 2.77. The molecule has 0 bridgehead atoms. The quantitative estimate of drug-likeness (QED) is 0.785. The summed E-state index contributed by atoms with van der Waals surface area (Å²) < 4.78 is 0. The molecule has 2 aromatic rings. The van der Waals surface area contributed by atoms with Gasteiger partial charge in [-0.1, -0.05) is 6.92 Å². The summed E-state index contributed by atoms with van der Waals surface area (Å²) in [6, 6.07) is 8.51. The Bertz CT molecular complexity index is 574. The zero-order chi connectivity index (χ0) is 14.0. The Hall–Kier alpha value is -1.48. The highest BCUT2D eigenvalue weighted by Gasteiger charge is 2.10. The van der Waals surface area contributed by atoms with Gasteiger partial charge < -0.3 is 10.4 Å². The summed E-state index contributed by atoms with van der Waals surface area (Å²) in [6.45, 7) is 8.29. The Balaban J connectivity index is 2.18. The molecule has 2 nitrogen and oxygen atoms in total. The van der Waals surface area contributed by atoms with Crippen molar-refractivity contribution in [2.75, 3.05) is 5.32 Å². The third kappa shape index (κ3) is 3.10. The molecule has 0 radical (unpaired) electrons. The first-order valence-corrected chi connectivity index (χ1v) is 7.48. The van der Waals surface area contributed by atoms with E-state index in [1.54, 1.807) is 0 Å². The second kappa shape index (κ2) is 5.66. The first kappa shape index (κ1) is 13.9. The van der Waals surface area contributed by atoms with Crippen LogP contribution >= 0.6 is 11.3 Å². The fourth-order valence-corrected chi connectivity index (χ4v) is 3.03. The van der Waals surface area contributed by atoms with Crippen molar-refractivity contribution in [1.29, 1.82) is 0 Å². The molecule has 19 heavy (non-hydrogen) atoms. The van der Waals surface area contributed by atoms with Crippen molar-refractivity contribution >= 4 is 17.0 Å². The molecule has 2 N–H and O–H groups in total. The summed E-state index contributed by atoms with van der Waals surface area (Å²) in [7, 11) is 0. The molecule has 1 atom stereocenters. The van der Waals surface area contributed by atoms with E-state index < -0.39 is 0 Å². The lowest BCUT2D eigenvalue weighted by Crippen LogP contribution is -2.06. The highest BCUT2D eigenvalue weighted by molar-refractivity contribution is 7.12. The van der Waals surface area contributed by atoms with Gasteiger partial charge in [0.05, 0.1) is 6.04 Å². The second-order valence-electron chi connectivity index (χ2n) is 4.98. The minimum absolute atomic E-state index is 0.285. The summed E-state index contributed by atoms with van der Waals surface area (Å²) >= 11 is 1.86. The van der Waals surface area contributed by atoms with Crippen LogP contribution in [0.1, 0.15) is 40.8 Å². The summed E-state index contributed by atoms with van der Waals surface area (Å²) in [6.07, 6.45) is 1.09. The van der Waals surface area contributed by atoms with E-state index in [1.165, 1.54) is 9.75 Å². The molecular weight excluding hydrogens is 254 g/mol. The zero-order valence-corrected chi connectivity index (χ0v) is 12.8.